The Kier molecular flexibility index (Phi) is 7.29. The van der Waals surface area contributed by atoms with Gasteiger partial charge in [-0.2, -0.15) is 0 Å². The molecule has 0 unspecified atom stereocenters. The molecule has 1 amide bonds. The van der Waals surface area contributed by atoms with E-state index in [-0.39, 0.29) is 12.4 Å². The van der Waals surface area contributed by atoms with Crippen molar-refractivity contribution in [2.24, 2.45) is 17.8 Å². The topological polar surface area (TPSA) is 83.0 Å². The molecule has 2 aliphatic carbocycles. The summed E-state index contributed by atoms with van der Waals surface area (Å²) in [6, 6.07) is 0.470. The second-order valence-electron chi connectivity index (χ2n) is 8.80. The van der Waals surface area contributed by atoms with Crippen molar-refractivity contribution in [3.8, 4) is 0 Å². The number of thiazole rings is 1. The number of likely N-dealkylation sites (N-methyl/N-ethyl adjacent to an activating group) is 1. The summed E-state index contributed by atoms with van der Waals surface area (Å²) in [6.07, 6.45) is 5.21. The molecular formula is C21H33N3O4S. The Balaban J connectivity index is 0.000000755. The van der Waals surface area contributed by atoms with Gasteiger partial charge in [0.15, 0.2) is 0 Å². The summed E-state index contributed by atoms with van der Waals surface area (Å²) in [7, 11) is 4.33. The Morgan fingerprint density at radius 1 is 1.28 bits per heavy atom. The third-order valence-corrected chi connectivity index (χ3v) is 7.44. The molecule has 29 heavy (non-hydrogen) atoms. The lowest BCUT2D eigenvalue weighted by Crippen LogP contribution is -2.48. The van der Waals surface area contributed by atoms with E-state index in [0.29, 0.717) is 24.0 Å². The lowest BCUT2D eigenvalue weighted by atomic mass is 9.77. The quantitative estimate of drug-likeness (QED) is 0.733. The molecule has 4 rings (SSSR count). The number of rotatable bonds is 5. The lowest BCUT2D eigenvalue weighted by Gasteiger charge is -2.41. The van der Waals surface area contributed by atoms with Crippen molar-refractivity contribution >= 4 is 23.7 Å². The van der Waals surface area contributed by atoms with Gasteiger partial charge >= 0.3 is 0 Å². The highest BCUT2D eigenvalue weighted by atomic mass is 32.1. The monoisotopic (exact) mass is 423 g/mol. The van der Waals surface area contributed by atoms with E-state index in [0.717, 1.165) is 54.0 Å². The number of ether oxygens (including phenoxy) is 1. The zero-order valence-electron chi connectivity index (χ0n) is 17.8. The number of nitrogens with zero attached hydrogens (tertiary/aromatic N) is 3. The number of amides is 1. The molecular weight excluding hydrogens is 390 g/mol. The van der Waals surface area contributed by atoms with E-state index in [9.17, 15) is 4.79 Å². The van der Waals surface area contributed by atoms with E-state index in [1.54, 1.807) is 0 Å². The Morgan fingerprint density at radius 3 is 2.41 bits per heavy atom. The molecule has 0 spiro atoms. The molecule has 162 valence electrons. The van der Waals surface area contributed by atoms with Gasteiger partial charge in [-0.1, -0.05) is 0 Å². The van der Waals surface area contributed by atoms with E-state index in [2.05, 4.69) is 28.9 Å². The third-order valence-electron chi connectivity index (χ3n) is 6.38. The number of aryl methyl sites for hydroxylation is 2. The Morgan fingerprint density at radius 2 is 1.90 bits per heavy atom. The van der Waals surface area contributed by atoms with Crippen LogP contribution in [0.15, 0.2) is 0 Å². The van der Waals surface area contributed by atoms with Gasteiger partial charge in [-0.15, -0.1) is 11.3 Å². The van der Waals surface area contributed by atoms with Crippen molar-refractivity contribution in [1.82, 2.24) is 14.8 Å². The van der Waals surface area contributed by atoms with Crippen LogP contribution in [-0.2, 0) is 9.53 Å². The molecule has 1 aromatic rings. The van der Waals surface area contributed by atoms with Gasteiger partial charge in [0.2, 0.25) is 0 Å². The number of carboxylic acid groups (broad SMARTS) is 1. The molecule has 3 aliphatic rings. The van der Waals surface area contributed by atoms with Crippen LogP contribution in [0.2, 0.25) is 0 Å². The average Bonchev–Trinajstić information content (AvgIpc) is 3.30. The van der Waals surface area contributed by atoms with Crippen LogP contribution >= 0.6 is 11.3 Å². The molecule has 1 saturated heterocycles. The van der Waals surface area contributed by atoms with E-state index < -0.39 is 0 Å². The summed E-state index contributed by atoms with van der Waals surface area (Å²) in [4.78, 5) is 31.0. The summed E-state index contributed by atoms with van der Waals surface area (Å²) in [5.74, 6) is 2.16. The predicted molar refractivity (Wildman–Crippen MR) is 112 cm³/mol. The minimum atomic E-state index is -0.250. The van der Waals surface area contributed by atoms with E-state index in [4.69, 9.17) is 14.6 Å². The van der Waals surface area contributed by atoms with E-state index in [1.807, 2.05) is 13.8 Å². The molecule has 8 heteroatoms. The van der Waals surface area contributed by atoms with Crippen LogP contribution in [0.1, 0.15) is 46.1 Å². The first-order valence-corrected chi connectivity index (χ1v) is 11.2. The average molecular weight is 424 g/mol. The zero-order chi connectivity index (χ0) is 21.1. The van der Waals surface area contributed by atoms with E-state index >= 15 is 0 Å². The van der Waals surface area contributed by atoms with Gasteiger partial charge in [0.1, 0.15) is 4.88 Å². The van der Waals surface area contributed by atoms with Gasteiger partial charge in [0.25, 0.3) is 12.4 Å². The summed E-state index contributed by atoms with van der Waals surface area (Å²) in [6.45, 7) is 6.36. The first-order valence-electron chi connectivity index (χ1n) is 10.4. The van der Waals surface area contributed by atoms with Gasteiger partial charge in [-0.3, -0.25) is 9.59 Å². The fourth-order valence-corrected chi connectivity index (χ4v) is 5.58. The molecule has 0 bridgehead atoms. The maximum Gasteiger partial charge on any atom is 0.290 e. The van der Waals surface area contributed by atoms with Gasteiger partial charge in [0.05, 0.1) is 16.8 Å². The van der Waals surface area contributed by atoms with Crippen molar-refractivity contribution in [3.05, 3.63) is 15.6 Å². The number of hydrogen-bond donors (Lipinski definition) is 1. The third kappa shape index (κ3) is 5.35. The molecule has 0 aromatic carbocycles. The molecule has 3 fully saturated rings. The summed E-state index contributed by atoms with van der Waals surface area (Å²) in [5, 5.41) is 7.86. The molecule has 1 aromatic heterocycles. The van der Waals surface area contributed by atoms with E-state index in [1.165, 1.54) is 24.2 Å². The van der Waals surface area contributed by atoms with Crippen LogP contribution in [0.5, 0.6) is 0 Å². The highest BCUT2D eigenvalue weighted by molar-refractivity contribution is 7.13. The molecule has 1 aliphatic heterocycles. The normalized spacial score (nSPS) is 28.7. The highest BCUT2D eigenvalue weighted by Gasteiger charge is 2.45. The minimum absolute atomic E-state index is 0.180. The number of carbonyl (C=O) groups excluding carboxylic acids is 1. The molecule has 4 atom stereocenters. The first-order chi connectivity index (χ1) is 13.8. The zero-order valence-corrected chi connectivity index (χ0v) is 18.7. The van der Waals surface area contributed by atoms with Crippen molar-refractivity contribution < 1.29 is 19.4 Å². The Bertz CT molecular complexity index is 719. The molecule has 2 saturated carbocycles. The number of hydrogen-bond acceptors (Lipinski definition) is 6. The fraction of sp³-hybridized carbons (Fsp3) is 0.762. The second-order valence-corrected chi connectivity index (χ2v) is 10.0. The summed E-state index contributed by atoms with van der Waals surface area (Å²) >= 11 is 1.53. The van der Waals surface area contributed by atoms with Crippen molar-refractivity contribution in [2.45, 2.75) is 51.7 Å². The van der Waals surface area contributed by atoms with Crippen LogP contribution in [0.3, 0.4) is 0 Å². The SMILES string of the molecule is Cc1nc(C)c(C(=O)N2C[C@H]3C[C@@H](N(C)C)[C@H](OCC4CC4)C[C@H]3C2)s1.O=CO. The highest BCUT2D eigenvalue weighted by Crippen LogP contribution is 2.40. The van der Waals surface area contributed by atoms with Crippen LogP contribution < -0.4 is 0 Å². The van der Waals surface area contributed by atoms with Gasteiger partial charge in [-0.25, -0.2) is 4.98 Å². The molecule has 0 radical (unpaired) electrons. The minimum Gasteiger partial charge on any atom is -0.483 e. The number of fused-ring (bicyclic) bond motifs is 1. The second kappa shape index (κ2) is 9.53. The van der Waals surface area contributed by atoms with Crippen LogP contribution in [-0.4, -0.2) is 78.2 Å². The fourth-order valence-electron chi connectivity index (χ4n) is 4.70. The lowest BCUT2D eigenvalue weighted by molar-refractivity contribution is -0.122. The Labute approximate surface area is 177 Å². The van der Waals surface area contributed by atoms with Gasteiger partial charge < -0.3 is 19.6 Å². The summed E-state index contributed by atoms with van der Waals surface area (Å²) in [5.41, 5.74) is 0.879. The first kappa shape index (κ1) is 22.2. The smallest absolute Gasteiger partial charge is 0.290 e. The van der Waals surface area contributed by atoms with Crippen LogP contribution in [0.4, 0.5) is 0 Å². The standard InChI is InChI=1S/C20H31N3O2S.CH2O2/c1-12-19(26-13(2)21-12)20(24)23-9-15-7-17(22(3)4)18(8-16(15)10-23)25-11-14-5-6-14;2-1-3/h14-18H,5-11H2,1-4H3;1H,(H,2,3)/t15-,16+,17-,18-;/m1./s1. The van der Waals surface area contributed by atoms with Crippen LogP contribution in [0, 0.1) is 31.6 Å². The Hall–Kier alpha value is -1.51. The predicted octanol–water partition coefficient (Wildman–Crippen LogP) is 2.67. The number of carbonyl (C=O) groups is 2. The maximum atomic E-state index is 13.0. The van der Waals surface area contributed by atoms with Gasteiger partial charge in [0, 0.05) is 25.7 Å². The van der Waals surface area contributed by atoms with Crippen molar-refractivity contribution in [2.75, 3.05) is 33.8 Å². The van der Waals surface area contributed by atoms with Gasteiger partial charge in [-0.05, 0) is 71.4 Å². The summed E-state index contributed by atoms with van der Waals surface area (Å²) < 4.78 is 6.34. The maximum absolute atomic E-state index is 13.0. The van der Waals surface area contributed by atoms with Crippen LogP contribution in [0.25, 0.3) is 0 Å². The largest absolute Gasteiger partial charge is 0.483 e. The molecule has 7 nitrogen and oxygen atoms in total. The molecule has 1 N–H and O–H groups in total. The van der Waals surface area contributed by atoms with Crippen molar-refractivity contribution in [1.29, 1.82) is 0 Å². The van der Waals surface area contributed by atoms with Crippen molar-refractivity contribution in [3.63, 3.8) is 0 Å². The number of aromatic nitrogens is 1. The number of likely N-dealkylation sites (tertiary alicyclic amines) is 1. The molecule has 2 heterocycles.